The highest BCUT2D eigenvalue weighted by Gasteiger charge is 2.32. The molecule has 8 heteroatoms. The molecule has 1 aliphatic rings. The molecule has 0 spiro atoms. The lowest BCUT2D eigenvalue weighted by molar-refractivity contribution is 0.0726. The Kier molecular flexibility index (Phi) is 6.41. The number of rotatable bonds is 6. The first-order valence-corrected chi connectivity index (χ1v) is 9.38. The van der Waals surface area contributed by atoms with E-state index in [1.54, 1.807) is 29.2 Å². The maximum atomic E-state index is 12.5. The van der Waals surface area contributed by atoms with Crippen LogP contribution in [0.5, 0.6) is 0 Å². The van der Waals surface area contributed by atoms with Crippen LogP contribution in [-0.2, 0) is 14.8 Å². The Labute approximate surface area is 141 Å². The second kappa shape index (κ2) is 8.10. The number of hydrogen-bond donors (Lipinski definition) is 1. The molecule has 1 aromatic carbocycles. The van der Waals surface area contributed by atoms with Crippen LogP contribution in [0.1, 0.15) is 23.2 Å². The quantitative estimate of drug-likeness (QED) is 0.780. The summed E-state index contributed by atoms with van der Waals surface area (Å²) < 4.78 is 32.0. The van der Waals surface area contributed by atoms with Crippen LogP contribution >= 0.6 is 11.6 Å². The maximum Gasteiger partial charge on any atom is 0.253 e. The predicted molar refractivity (Wildman–Crippen MR) is 89.2 cm³/mol. The number of carbonyl (C=O) groups excluding carboxylic acids is 1. The van der Waals surface area contributed by atoms with E-state index in [0.29, 0.717) is 36.6 Å². The van der Waals surface area contributed by atoms with E-state index in [4.69, 9.17) is 16.3 Å². The summed E-state index contributed by atoms with van der Waals surface area (Å²) >= 11 is 5.91. The molecule has 0 radical (unpaired) electrons. The fourth-order valence-corrected chi connectivity index (χ4v) is 4.23. The number of nitrogens with one attached hydrogen (secondary N) is 1. The van der Waals surface area contributed by atoms with Gasteiger partial charge in [0, 0.05) is 37.3 Å². The second-order valence-corrected chi connectivity index (χ2v) is 7.94. The molecule has 1 amide bonds. The van der Waals surface area contributed by atoms with E-state index < -0.39 is 15.3 Å². The van der Waals surface area contributed by atoms with Crippen LogP contribution in [0.2, 0.25) is 5.02 Å². The van der Waals surface area contributed by atoms with Crippen molar-refractivity contribution in [1.82, 2.24) is 9.62 Å². The number of nitrogens with zero attached hydrogens (tertiary/aromatic N) is 1. The molecule has 1 N–H and O–H groups in total. The molecule has 1 heterocycles. The minimum Gasteiger partial charge on any atom is -0.383 e. The van der Waals surface area contributed by atoms with Gasteiger partial charge in [-0.25, -0.2) is 13.1 Å². The monoisotopic (exact) mass is 360 g/mol. The molecule has 0 aliphatic carbocycles. The summed E-state index contributed by atoms with van der Waals surface area (Å²) in [6.45, 7) is 1.29. The molecule has 1 saturated heterocycles. The van der Waals surface area contributed by atoms with Gasteiger partial charge >= 0.3 is 0 Å². The highest BCUT2D eigenvalue weighted by Crippen LogP contribution is 2.20. The number of hydrogen-bond acceptors (Lipinski definition) is 4. The summed E-state index contributed by atoms with van der Waals surface area (Å²) in [5.74, 6) is -0.190. The topological polar surface area (TPSA) is 75.7 Å². The zero-order chi connectivity index (χ0) is 16.9. The number of methoxy groups -OCH3 is 1. The van der Waals surface area contributed by atoms with Gasteiger partial charge in [0.05, 0.1) is 11.9 Å². The third kappa shape index (κ3) is 4.91. The van der Waals surface area contributed by atoms with Gasteiger partial charge in [0.15, 0.2) is 0 Å². The van der Waals surface area contributed by atoms with Gasteiger partial charge in [0.2, 0.25) is 10.0 Å². The van der Waals surface area contributed by atoms with Gasteiger partial charge in [0.25, 0.3) is 5.91 Å². The first-order chi connectivity index (χ1) is 10.9. The fourth-order valence-electron chi connectivity index (χ4n) is 2.58. The van der Waals surface area contributed by atoms with Crippen molar-refractivity contribution in [2.24, 2.45) is 0 Å². The van der Waals surface area contributed by atoms with Crippen LogP contribution in [0.25, 0.3) is 0 Å². The van der Waals surface area contributed by atoms with Crippen LogP contribution in [0.4, 0.5) is 0 Å². The van der Waals surface area contributed by atoms with Crippen molar-refractivity contribution in [3.05, 3.63) is 34.9 Å². The van der Waals surface area contributed by atoms with E-state index >= 15 is 0 Å². The van der Waals surface area contributed by atoms with Crippen LogP contribution in [0.3, 0.4) is 0 Å². The van der Waals surface area contributed by atoms with E-state index in [1.807, 2.05) is 0 Å². The summed E-state index contributed by atoms with van der Waals surface area (Å²) in [4.78, 5) is 14.1. The molecule has 6 nitrogen and oxygen atoms in total. The van der Waals surface area contributed by atoms with Gasteiger partial charge in [-0.1, -0.05) is 17.7 Å². The molecule has 0 bridgehead atoms. The Bertz CT molecular complexity index is 651. The van der Waals surface area contributed by atoms with Crippen molar-refractivity contribution in [2.75, 3.05) is 33.4 Å². The SMILES string of the molecule is COCCNS(=O)(=O)C1CCCN(C(=O)c2cccc(Cl)c2)C1. The molecule has 1 atom stereocenters. The lowest BCUT2D eigenvalue weighted by atomic mass is 10.1. The van der Waals surface area contributed by atoms with Crippen molar-refractivity contribution in [3.63, 3.8) is 0 Å². The zero-order valence-electron chi connectivity index (χ0n) is 13.0. The van der Waals surface area contributed by atoms with Gasteiger partial charge in [-0.2, -0.15) is 0 Å². The first kappa shape index (κ1) is 18.2. The largest absolute Gasteiger partial charge is 0.383 e. The number of ether oxygens (including phenoxy) is 1. The van der Waals surface area contributed by atoms with Crippen molar-refractivity contribution in [2.45, 2.75) is 18.1 Å². The average Bonchev–Trinajstić information content (AvgIpc) is 2.54. The number of carbonyl (C=O) groups is 1. The lowest BCUT2D eigenvalue weighted by Gasteiger charge is -2.32. The van der Waals surface area contributed by atoms with E-state index in [1.165, 1.54) is 7.11 Å². The zero-order valence-corrected chi connectivity index (χ0v) is 14.6. The molecule has 1 unspecified atom stereocenters. The van der Waals surface area contributed by atoms with Crippen molar-refractivity contribution >= 4 is 27.5 Å². The minimum absolute atomic E-state index is 0.188. The summed E-state index contributed by atoms with van der Waals surface area (Å²) in [5.41, 5.74) is 0.475. The van der Waals surface area contributed by atoms with Crippen molar-refractivity contribution in [1.29, 1.82) is 0 Å². The van der Waals surface area contributed by atoms with E-state index in [9.17, 15) is 13.2 Å². The molecule has 23 heavy (non-hydrogen) atoms. The van der Waals surface area contributed by atoms with Gasteiger partial charge in [0.1, 0.15) is 0 Å². The van der Waals surface area contributed by atoms with Gasteiger partial charge in [-0.05, 0) is 31.0 Å². The molecule has 1 aromatic rings. The van der Waals surface area contributed by atoms with Crippen molar-refractivity contribution < 1.29 is 17.9 Å². The molecule has 0 saturated carbocycles. The highest BCUT2D eigenvalue weighted by atomic mass is 35.5. The fraction of sp³-hybridized carbons (Fsp3) is 0.533. The van der Waals surface area contributed by atoms with Gasteiger partial charge in [-0.3, -0.25) is 4.79 Å². The summed E-state index contributed by atoms with van der Waals surface area (Å²) in [5, 5.41) is -0.116. The molecule has 128 valence electrons. The molecule has 0 aromatic heterocycles. The smallest absolute Gasteiger partial charge is 0.253 e. The standard InChI is InChI=1S/C15H21ClN2O4S/c1-22-9-7-17-23(20,21)14-6-3-8-18(11-14)15(19)12-4-2-5-13(16)10-12/h2,4-5,10,14,17H,3,6-9,11H2,1H3. The van der Waals surface area contributed by atoms with Crippen LogP contribution < -0.4 is 4.72 Å². The van der Waals surface area contributed by atoms with Crippen molar-refractivity contribution in [3.8, 4) is 0 Å². The first-order valence-electron chi connectivity index (χ1n) is 7.46. The summed E-state index contributed by atoms with van der Waals surface area (Å²) in [7, 11) is -1.95. The third-order valence-corrected chi connectivity index (χ3v) is 5.89. The Morgan fingerprint density at radius 3 is 2.96 bits per heavy atom. The number of benzene rings is 1. The average molecular weight is 361 g/mol. The lowest BCUT2D eigenvalue weighted by Crippen LogP contribution is -2.48. The molecule has 1 fully saturated rings. The summed E-state index contributed by atoms with van der Waals surface area (Å²) in [6.07, 6.45) is 1.20. The number of piperidine rings is 1. The molecular weight excluding hydrogens is 340 g/mol. The highest BCUT2D eigenvalue weighted by molar-refractivity contribution is 7.90. The third-order valence-electron chi connectivity index (χ3n) is 3.79. The molecule has 2 rings (SSSR count). The van der Waals surface area contributed by atoms with Gasteiger partial charge < -0.3 is 9.64 Å². The Hall–Kier alpha value is -1.15. The number of likely N-dealkylation sites (tertiary alicyclic amines) is 1. The summed E-state index contributed by atoms with van der Waals surface area (Å²) in [6, 6.07) is 6.68. The molecule has 1 aliphatic heterocycles. The van der Waals surface area contributed by atoms with Crippen LogP contribution in [-0.4, -0.2) is 57.8 Å². The van der Waals surface area contributed by atoms with Crippen LogP contribution in [0, 0.1) is 0 Å². The van der Waals surface area contributed by atoms with E-state index in [-0.39, 0.29) is 19.0 Å². The predicted octanol–water partition coefficient (Wildman–Crippen LogP) is 1.51. The number of halogens is 1. The maximum absolute atomic E-state index is 12.5. The Morgan fingerprint density at radius 1 is 1.48 bits per heavy atom. The Morgan fingerprint density at radius 2 is 2.26 bits per heavy atom. The van der Waals surface area contributed by atoms with Gasteiger partial charge in [-0.15, -0.1) is 0 Å². The molecular formula is C15H21ClN2O4S. The Balaban J connectivity index is 2.04. The number of sulfonamides is 1. The van der Waals surface area contributed by atoms with Crippen LogP contribution in [0.15, 0.2) is 24.3 Å². The second-order valence-electron chi connectivity index (χ2n) is 5.46. The normalized spacial score (nSPS) is 18.9. The number of amides is 1. The van der Waals surface area contributed by atoms with E-state index in [0.717, 1.165) is 0 Å². The van der Waals surface area contributed by atoms with E-state index in [2.05, 4.69) is 4.72 Å². The minimum atomic E-state index is -3.46.